The van der Waals surface area contributed by atoms with Crippen LogP contribution in [0.25, 0.3) is 27.6 Å². The molecule has 0 spiro atoms. The highest BCUT2D eigenvalue weighted by Crippen LogP contribution is 2.29. The second-order valence-electron chi connectivity index (χ2n) is 5.01. The average Bonchev–Trinajstić information content (AvgIpc) is 2.45. The quantitative estimate of drug-likeness (QED) is 0.528. The maximum atomic E-state index is 4.00. The Bertz CT molecular complexity index is 750. The van der Waals surface area contributed by atoms with Gasteiger partial charge in [0.15, 0.2) is 0 Å². The van der Waals surface area contributed by atoms with Gasteiger partial charge in [0.1, 0.15) is 0 Å². The highest BCUT2D eigenvalue weighted by atomic mass is 14.1. The molecule has 3 aromatic carbocycles. The molecule has 0 aliphatic carbocycles. The van der Waals surface area contributed by atoms with Gasteiger partial charge in [-0.2, -0.15) is 0 Å². The summed E-state index contributed by atoms with van der Waals surface area (Å²) in [5.41, 5.74) is 2.70. The third-order valence-corrected chi connectivity index (χ3v) is 3.74. The molecule has 3 aromatic rings. The van der Waals surface area contributed by atoms with E-state index in [-0.39, 0.29) is 0 Å². The van der Waals surface area contributed by atoms with Crippen LogP contribution >= 0.6 is 0 Å². The topological polar surface area (TPSA) is 0 Å². The summed E-state index contributed by atoms with van der Waals surface area (Å²) in [4.78, 5) is 0. The zero-order chi connectivity index (χ0) is 13.2. The van der Waals surface area contributed by atoms with Crippen LogP contribution in [0.5, 0.6) is 0 Å². The highest BCUT2D eigenvalue weighted by molar-refractivity contribution is 6.02. The standard InChI is InChI=1S/C19H18/c1-3-7-14-10-11-17-12-15-8-5-6-9-16(15)13-19(17)18(14)4-2/h4-6,8-13H,2-3,7H2,1H3. The first-order valence-electron chi connectivity index (χ1n) is 6.90. The number of fused-ring (bicyclic) bond motifs is 2. The molecule has 0 N–H and O–H groups in total. The van der Waals surface area contributed by atoms with Crippen molar-refractivity contribution in [3.05, 3.63) is 66.2 Å². The third kappa shape index (κ3) is 2.04. The van der Waals surface area contributed by atoms with Crippen molar-refractivity contribution in [3.8, 4) is 0 Å². The van der Waals surface area contributed by atoms with Gasteiger partial charge in [-0.3, -0.25) is 0 Å². The summed E-state index contributed by atoms with van der Waals surface area (Å²) in [6.45, 7) is 6.22. The molecule has 0 radical (unpaired) electrons. The van der Waals surface area contributed by atoms with Crippen LogP contribution in [0.2, 0.25) is 0 Å². The molecule has 0 aliphatic rings. The minimum absolute atomic E-state index is 1.12. The molecule has 0 atom stereocenters. The van der Waals surface area contributed by atoms with E-state index < -0.39 is 0 Å². The Morgan fingerprint density at radius 3 is 2.37 bits per heavy atom. The fourth-order valence-electron chi connectivity index (χ4n) is 2.81. The fourth-order valence-corrected chi connectivity index (χ4v) is 2.81. The van der Waals surface area contributed by atoms with E-state index in [0.717, 1.165) is 6.42 Å². The number of rotatable bonds is 3. The molecule has 0 aromatic heterocycles. The molecule has 0 aliphatic heterocycles. The molecule has 0 fully saturated rings. The van der Waals surface area contributed by atoms with Crippen LogP contribution in [0, 0.1) is 0 Å². The van der Waals surface area contributed by atoms with E-state index in [1.165, 1.54) is 39.1 Å². The molecule has 3 rings (SSSR count). The molecule has 0 heteroatoms. The smallest absolute Gasteiger partial charge is 0.0102 e. The first-order valence-corrected chi connectivity index (χ1v) is 6.90. The van der Waals surface area contributed by atoms with E-state index in [1.807, 2.05) is 6.08 Å². The van der Waals surface area contributed by atoms with E-state index in [1.54, 1.807) is 0 Å². The van der Waals surface area contributed by atoms with Gasteiger partial charge in [-0.15, -0.1) is 0 Å². The lowest BCUT2D eigenvalue weighted by molar-refractivity contribution is 0.921. The van der Waals surface area contributed by atoms with Crippen molar-refractivity contribution in [2.24, 2.45) is 0 Å². The van der Waals surface area contributed by atoms with Gasteiger partial charge in [0.25, 0.3) is 0 Å². The van der Waals surface area contributed by atoms with Crippen molar-refractivity contribution in [2.45, 2.75) is 19.8 Å². The van der Waals surface area contributed by atoms with E-state index in [4.69, 9.17) is 0 Å². The third-order valence-electron chi connectivity index (χ3n) is 3.74. The minimum atomic E-state index is 1.12. The van der Waals surface area contributed by atoms with Crippen LogP contribution in [0.4, 0.5) is 0 Å². The van der Waals surface area contributed by atoms with Crippen molar-refractivity contribution in [1.29, 1.82) is 0 Å². The highest BCUT2D eigenvalue weighted by Gasteiger charge is 2.05. The Kier molecular flexibility index (Phi) is 3.08. The van der Waals surface area contributed by atoms with Crippen LogP contribution in [-0.2, 0) is 6.42 Å². The van der Waals surface area contributed by atoms with Crippen molar-refractivity contribution in [1.82, 2.24) is 0 Å². The van der Waals surface area contributed by atoms with Gasteiger partial charge in [-0.05, 0) is 51.2 Å². The molecule has 0 unspecified atom stereocenters. The van der Waals surface area contributed by atoms with E-state index >= 15 is 0 Å². The zero-order valence-corrected chi connectivity index (χ0v) is 11.3. The van der Waals surface area contributed by atoms with E-state index in [9.17, 15) is 0 Å². The van der Waals surface area contributed by atoms with Crippen molar-refractivity contribution < 1.29 is 0 Å². The first kappa shape index (κ1) is 12.0. The van der Waals surface area contributed by atoms with Crippen molar-refractivity contribution in [2.75, 3.05) is 0 Å². The zero-order valence-electron chi connectivity index (χ0n) is 11.3. The van der Waals surface area contributed by atoms with Gasteiger partial charge < -0.3 is 0 Å². The molecule has 94 valence electrons. The Hall–Kier alpha value is -2.08. The lowest BCUT2D eigenvalue weighted by Crippen LogP contribution is -1.90. The van der Waals surface area contributed by atoms with Gasteiger partial charge in [-0.1, -0.05) is 62.4 Å². The minimum Gasteiger partial charge on any atom is -0.0984 e. The van der Waals surface area contributed by atoms with Crippen LogP contribution < -0.4 is 0 Å². The van der Waals surface area contributed by atoms with E-state index in [2.05, 4.69) is 62.0 Å². The fraction of sp³-hybridized carbons (Fsp3) is 0.158. The summed E-state index contributed by atoms with van der Waals surface area (Å²) >= 11 is 0. The molecular formula is C19H18. The van der Waals surface area contributed by atoms with Gasteiger partial charge in [0, 0.05) is 0 Å². The molecule has 0 saturated carbocycles. The van der Waals surface area contributed by atoms with Gasteiger partial charge in [-0.25, -0.2) is 0 Å². The summed E-state index contributed by atoms with van der Waals surface area (Å²) in [5, 5.41) is 5.22. The Balaban J connectivity index is 2.37. The summed E-state index contributed by atoms with van der Waals surface area (Å²) in [7, 11) is 0. The number of hydrogen-bond donors (Lipinski definition) is 0. The van der Waals surface area contributed by atoms with Crippen LogP contribution in [-0.4, -0.2) is 0 Å². The summed E-state index contributed by atoms with van der Waals surface area (Å²) in [6.07, 6.45) is 4.28. The Morgan fingerprint density at radius 1 is 0.947 bits per heavy atom. The predicted molar refractivity (Wildman–Crippen MR) is 85.5 cm³/mol. The lowest BCUT2D eigenvalue weighted by Gasteiger charge is -2.10. The largest absolute Gasteiger partial charge is 0.0984 e. The average molecular weight is 246 g/mol. The van der Waals surface area contributed by atoms with Crippen LogP contribution in [0.15, 0.2) is 55.1 Å². The number of hydrogen-bond acceptors (Lipinski definition) is 0. The molecular weight excluding hydrogens is 228 g/mol. The maximum Gasteiger partial charge on any atom is -0.0102 e. The second kappa shape index (κ2) is 4.89. The Labute approximate surface area is 114 Å². The maximum absolute atomic E-state index is 4.00. The SMILES string of the molecule is C=Cc1c(CCC)ccc2cc3ccccc3cc12. The van der Waals surface area contributed by atoms with Crippen LogP contribution in [0.1, 0.15) is 24.5 Å². The summed E-state index contributed by atoms with van der Waals surface area (Å²) in [5.74, 6) is 0. The van der Waals surface area contributed by atoms with Gasteiger partial charge in [0.05, 0.1) is 0 Å². The number of aryl methyl sites for hydroxylation is 1. The predicted octanol–water partition coefficient (Wildman–Crippen LogP) is 5.59. The van der Waals surface area contributed by atoms with Crippen LogP contribution in [0.3, 0.4) is 0 Å². The van der Waals surface area contributed by atoms with E-state index in [0.29, 0.717) is 0 Å². The second-order valence-corrected chi connectivity index (χ2v) is 5.01. The monoisotopic (exact) mass is 246 g/mol. The van der Waals surface area contributed by atoms with Crippen molar-refractivity contribution >= 4 is 27.6 Å². The van der Waals surface area contributed by atoms with Crippen molar-refractivity contribution in [3.63, 3.8) is 0 Å². The van der Waals surface area contributed by atoms with Gasteiger partial charge in [0.2, 0.25) is 0 Å². The Morgan fingerprint density at radius 2 is 1.68 bits per heavy atom. The molecule has 0 heterocycles. The molecule has 0 nitrogen and oxygen atoms in total. The summed E-state index contributed by atoms with van der Waals surface area (Å²) < 4.78 is 0. The lowest BCUT2D eigenvalue weighted by atomic mass is 9.94. The molecule has 0 bridgehead atoms. The first-order chi connectivity index (χ1) is 9.33. The molecule has 19 heavy (non-hydrogen) atoms. The molecule has 0 amide bonds. The normalized spacial score (nSPS) is 11.0. The molecule has 0 saturated heterocycles. The van der Waals surface area contributed by atoms with Gasteiger partial charge >= 0.3 is 0 Å². The summed E-state index contributed by atoms with van der Waals surface area (Å²) in [6, 6.07) is 17.6. The number of benzene rings is 3.